The molecular formula is C14H13N3O3. The first kappa shape index (κ1) is 12.3. The summed E-state index contributed by atoms with van der Waals surface area (Å²) in [6.07, 6.45) is 3.36. The number of aromatic carboxylic acids is 1. The quantitative estimate of drug-likeness (QED) is 0.791. The van der Waals surface area contributed by atoms with Gasteiger partial charge in [0.05, 0.1) is 12.8 Å². The minimum Gasteiger partial charge on any atom is -0.497 e. The highest BCUT2D eigenvalue weighted by Crippen LogP contribution is 2.22. The summed E-state index contributed by atoms with van der Waals surface area (Å²) >= 11 is 0. The Hall–Kier alpha value is -2.76. The molecule has 6 heteroatoms. The number of carboxylic acids is 1. The van der Waals surface area contributed by atoms with E-state index in [2.05, 4.69) is 4.98 Å². The molecule has 0 bridgehead atoms. The van der Waals surface area contributed by atoms with Crippen molar-refractivity contribution in [2.45, 2.75) is 0 Å². The number of nitrogens with zero attached hydrogens (tertiary/aromatic N) is 3. The Labute approximate surface area is 114 Å². The van der Waals surface area contributed by atoms with E-state index >= 15 is 0 Å². The summed E-state index contributed by atoms with van der Waals surface area (Å²) in [6, 6.07) is 7.56. The van der Waals surface area contributed by atoms with Gasteiger partial charge in [-0.2, -0.15) is 0 Å². The maximum Gasteiger partial charge on any atom is 0.354 e. The van der Waals surface area contributed by atoms with Crippen LogP contribution >= 0.6 is 0 Å². The topological polar surface area (TPSA) is 68.8 Å². The zero-order chi connectivity index (χ0) is 14.3. The first-order valence-electron chi connectivity index (χ1n) is 6.02. The lowest BCUT2D eigenvalue weighted by Crippen LogP contribution is -2.04. The van der Waals surface area contributed by atoms with Crippen LogP contribution in [0.15, 0.2) is 36.7 Å². The zero-order valence-electron chi connectivity index (χ0n) is 11.1. The molecule has 0 aliphatic carbocycles. The summed E-state index contributed by atoms with van der Waals surface area (Å²) in [5.74, 6) is 0.405. The van der Waals surface area contributed by atoms with Crippen molar-refractivity contribution in [3.8, 4) is 17.0 Å². The fourth-order valence-electron chi connectivity index (χ4n) is 2.15. The molecule has 0 aliphatic rings. The molecule has 2 aromatic heterocycles. The van der Waals surface area contributed by atoms with Crippen LogP contribution in [0.25, 0.3) is 17.0 Å². The monoisotopic (exact) mass is 271 g/mol. The number of aromatic nitrogens is 3. The lowest BCUT2D eigenvalue weighted by Gasteiger charge is -2.00. The highest BCUT2D eigenvalue weighted by Gasteiger charge is 2.15. The van der Waals surface area contributed by atoms with E-state index < -0.39 is 5.97 Å². The molecule has 0 radical (unpaired) electrons. The number of imidazole rings is 2. The minimum absolute atomic E-state index is 0.203. The molecule has 1 aromatic carbocycles. The Balaban J connectivity index is 2.06. The fraction of sp³-hybridized carbons (Fsp3) is 0.143. The predicted octanol–water partition coefficient (Wildman–Crippen LogP) is 2.05. The number of rotatable bonds is 3. The summed E-state index contributed by atoms with van der Waals surface area (Å²) < 4.78 is 8.38. The number of benzene rings is 1. The van der Waals surface area contributed by atoms with Crippen LogP contribution in [0.3, 0.4) is 0 Å². The van der Waals surface area contributed by atoms with Gasteiger partial charge in [-0.05, 0) is 24.3 Å². The van der Waals surface area contributed by atoms with Crippen molar-refractivity contribution in [1.82, 2.24) is 14.0 Å². The van der Waals surface area contributed by atoms with E-state index in [0.717, 1.165) is 17.0 Å². The van der Waals surface area contributed by atoms with Gasteiger partial charge in [0.15, 0.2) is 0 Å². The molecule has 1 N–H and O–H groups in total. The molecule has 102 valence electrons. The third-order valence-electron chi connectivity index (χ3n) is 3.24. The summed E-state index contributed by atoms with van der Waals surface area (Å²) in [7, 11) is 3.30. The van der Waals surface area contributed by atoms with E-state index in [0.29, 0.717) is 5.78 Å². The molecule has 0 unspecified atom stereocenters. The number of fused-ring (bicyclic) bond motifs is 1. The van der Waals surface area contributed by atoms with Gasteiger partial charge in [-0.1, -0.05) is 0 Å². The molecule has 3 aromatic rings. The van der Waals surface area contributed by atoms with Gasteiger partial charge in [0, 0.05) is 25.0 Å². The molecule has 2 heterocycles. The molecule has 6 nitrogen and oxygen atoms in total. The van der Waals surface area contributed by atoms with Gasteiger partial charge in [-0.3, -0.25) is 4.40 Å². The number of hydrogen-bond donors (Lipinski definition) is 1. The van der Waals surface area contributed by atoms with E-state index in [1.54, 1.807) is 29.3 Å². The van der Waals surface area contributed by atoms with Gasteiger partial charge in [-0.25, -0.2) is 9.78 Å². The maximum atomic E-state index is 11.0. The van der Waals surface area contributed by atoms with Gasteiger partial charge in [0.1, 0.15) is 11.4 Å². The normalized spacial score (nSPS) is 10.9. The molecule has 0 saturated heterocycles. The smallest absolute Gasteiger partial charge is 0.354 e. The average molecular weight is 271 g/mol. The van der Waals surface area contributed by atoms with E-state index in [9.17, 15) is 4.79 Å². The van der Waals surface area contributed by atoms with Crippen LogP contribution in [-0.4, -0.2) is 32.1 Å². The number of methoxy groups -OCH3 is 1. The SMILES string of the molecule is COc1ccc(-c2cn3cc(C(=O)O)n(C)c3n2)cc1. The Bertz CT molecular complexity index is 784. The number of ether oxygens (including phenoxy) is 1. The molecule has 3 rings (SSSR count). The Morgan fingerprint density at radius 3 is 2.50 bits per heavy atom. The van der Waals surface area contributed by atoms with Crippen molar-refractivity contribution in [3.05, 3.63) is 42.4 Å². The second-order valence-corrected chi connectivity index (χ2v) is 4.44. The van der Waals surface area contributed by atoms with Gasteiger partial charge in [-0.15, -0.1) is 0 Å². The molecule has 0 saturated carbocycles. The fourth-order valence-corrected chi connectivity index (χ4v) is 2.15. The standard InChI is InChI=1S/C14H13N3O3/c1-16-12(13(18)19)8-17-7-11(15-14(16)17)9-3-5-10(20-2)6-4-9/h3-8H,1-2H3,(H,18,19). The van der Waals surface area contributed by atoms with Gasteiger partial charge in [0.25, 0.3) is 0 Å². The van der Waals surface area contributed by atoms with Gasteiger partial charge < -0.3 is 14.4 Å². The molecule has 0 amide bonds. The Kier molecular flexibility index (Phi) is 2.71. The largest absolute Gasteiger partial charge is 0.497 e. The van der Waals surface area contributed by atoms with Crippen molar-refractivity contribution in [3.63, 3.8) is 0 Å². The summed E-state index contributed by atoms with van der Waals surface area (Å²) in [5, 5.41) is 9.05. The van der Waals surface area contributed by atoms with Crippen molar-refractivity contribution >= 4 is 11.7 Å². The second kappa shape index (κ2) is 4.41. The van der Waals surface area contributed by atoms with E-state index in [4.69, 9.17) is 9.84 Å². The van der Waals surface area contributed by atoms with Crippen LogP contribution < -0.4 is 4.74 Å². The van der Waals surface area contributed by atoms with Crippen LogP contribution in [-0.2, 0) is 7.05 Å². The Morgan fingerprint density at radius 2 is 1.95 bits per heavy atom. The highest BCUT2D eigenvalue weighted by molar-refractivity contribution is 5.86. The van der Waals surface area contributed by atoms with E-state index in [1.807, 2.05) is 30.5 Å². The average Bonchev–Trinajstić information content (AvgIpc) is 2.99. The first-order valence-corrected chi connectivity index (χ1v) is 6.02. The molecule has 0 fully saturated rings. The number of carboxylic acid groups (broad SMARTS) is 1. The third-order valence-corrected chi connectivity index (χ3v) is 3.24. The van der Waals surface area contributed by atoms with Crippen LogP contribution in [0.2, 0.25) is 0 Å². The van der Waals surface area contributed by atoms with Crippen molar-refractivity contribution in [1.29, 1.82) is 0 Å². The van der Waals surface area contributed by atoms with Gasteiger partial charge >= 0.3 is 5.97 Å². The summed E-state index contributed by atoms with van der Waals surface area (Å²) in [4.78, 5) is 15.5. The van der Waals surface area contributed by atoms with Crippen LogP contribution in [0.1, 0.15) is 10.5 Å². The minimum atomic E-state index is -0.969. The second-order valence-electron chi connectivity index (χ2n) is 4.44. The molecular weight excluding hydrogens is 258 g/mol. The zero-order valence-corrected chi connectivity index (χ0v) is 11.1. The Morgan fingerprint density at radius 1 is 1.25 bits per heavy atom. The van der Waals surface area contributed by atoms with E-state index in [-0.39, 0.29) is 5.69 Å². The third kappa shape index (κ3) is 1.82. The lowest BCUT2D eigenvalue weighted by molar-refractivity contribution is 0.0686. The van der Waals surface area contributed by atoms with Gasteiger partial charge in [0.2, 0.25) is 5.78 Å². The number of carbonyl (C=O) groups is 1. The van der Waals surface area contributed by atoms with Crippen LogP contribution in [0.4, 0.5) is 0 Å². The first-order chi connectivity index (χ1) is 9.60. The van der Waals surface area contributed by atoms with Crippen LogP contribution in [0, 0.1) is 0 Å². The molecule has 0 spiro atoms. The number of aryl methyl sites for hydroxylation is 1. The number of hydrogen-bond acceptors (Lipinski definition) is 3. The highest BCUT2D eigenvalue weighted by atomic mass is 16.5. The predicted molar refractivity (Wildman–Crippen MR) is 73.1 cm³/mol. The van der Waals surface area contributed by atoms with Crippen molar-refractivity contribution < 1.29 is 14.6 Å². The van der Waals surface area contributed by atoms with Crippen LogP contribution in [0.5, 0.6) is 5.75 Å². The van der Waals surface area contributed by atoms with E-state index in [1.165, 1.54) is 0 Å². The molecule has 20 heavy (non-hydrogen) atoms. The maximum absolute atomic E-state index is 11.0. The van der Waals surface area contributed by atoms with Crippen molar-refractivity contribution in [2.24, 2.45) is 7.05 Å². The van der Waals surface area contributed by atoms with Crippen molar-refractivity contribution in [2.75, 3.05) is 7.11 Å². The summed E-state index contributed by atoms with van der Waals surface area (Å²) in [6.45, 7) is 0. The summed E-state index contributed by atoms with van der Waals surface area (Å²) in [5.41, 5.74) is 1.94. The molecule has 0 aliphatic heterocycles. The lowest BCUT2D eigenvalue weighted by atomic mass is 10.2. The molecule has 0 atom stereocenters.